The molecule has 3 rings (SSSR count). The zero-order valence-electron chi connectivity index (χ0n) is 22.5. The lowest BCUT2D eigenvalue weighted by Gasteiger charge is -2.35. The fourth-order valence-electron chi connectivity index (χ4n) is 4.68. The minimum absolute atomic E-state index is 0.199. The average Bonchev–Trinajstić information content (AvgIpc) is 2.81. The summed E-state index contributed by atoms with van der Waals surface area (Å²) in [7, 11) is 0. The first-order valence-corrected chi connectivity index (χ1v) is 13.6. The number of hydrogen-bond donors (Lipinski definition) is 0. The lowest BCUT2D eigenvalue weighted by Crippen LogP contribution is -2.26. The third-order valence-electron chi connectivity index (χ3n) is 6.47. The van der Waals surface area contributed by atoms with E-state index in [2.05, 4.69) is 59.4 Å². The number of aryl methyl sites for hydroxylation is 1. The summed E-state index contributed by atoms with van der Waals surface area (Å²) in [5.41, 5.74) is 5.84. The largest absolute Gasteiger partial charge is 0.206 e. The Morgan fingerprint density at radius 1 is 1.00 bits per heavy atom. The molecule has 0 saturated carbocycles. The summed E-state index contributed by atoms with van der Waals surface area (Å²) < 4.78 is 12.8. The van der Waals surface area contributed by atoms with Gasteiger partial charge in [0.25, 0.3) is 0 Å². The van der Waals surface area contributed by atoms with Crippen LogP contribution in [0.25, 0.3) is 5.57 Å². The minimum atomic E-state index is -0.199. The van der Waals surface area contributed by atoms with Crippen molar-refractivity contribution in [2.45, 2.75) is 91.9 Å². The standard InChI is InChI=1S/C16H25Cl.C9H9F.C7H9Cl/c1-5-10-16(7-3,11-6-2)15-12-14(17)9-8-13(15)4;1-7(2)8-5-3-4-6-9(8)10;1-6-3-2-4-7(8)5-6/h8-9,12H,5-7,10-11H2,1-4H3;3-6H,1H2,2H3;3,5H,2,4H2,1H3. The van der Waals surface area contributed by atoms with Crippen LogP contribution in [0.3, 0.4) is 0 Å². The van der Waals surface area contributed by atoms with E-state index in [-0.39, 0.29) is 5.82 Å². The molecule has 0 aromatic heterocycles. The molecule has 0 spiro atoms. The normalized spacial score (nSPS) is 12.9. The summed E-state index contributed by atoms with van der Waals surface area (Å²) >= 11 is 11.9. The van der Waals surface area contributed by atoms with Gasteiger partial charge in [-0.3, -0.25) is 0 Å². The Hall–Kier alpha value is -1.83. The van der Waals surface area contributed by atoms with Gasteiger partial charge in [-0.05, 0) is 99.3 Å². The van der Waals surface area contributed by atoms with Crippen LogP contribution in [0.15, 0.2) is 71.8 Å². The maximum absolute atomic E-state index is 12.8. The second kappa shape index (κ2) is 16.0. The molecule has 1 aliphatic carbocycles. The first-order valence-electron chi connectivity index (χ1n) is 12.8. The van der Waals surface area contributed by atoms with E-state index in [4.69, 9.17) is 23.2 Å². The van der Waals surface area contributed by atoms with E-state index >= 15 is 0 Å². The number of allylic oxidation sites excluding steroid dienone is 5. The molecular weight excluding hydrogens is 474 g/mol. The van der Waals surface area contributed by atoms with E-state index in [1.165, 1.54) is 54.9 Å². The highest BCUT2D eigenvalue weighted by molar-refractivity contribution is 6.30. The third kappa shape index (κ3) is 10.4. The van der Waals surface area contributed by atoms with E-state index in [1.807, 2.05) is 12.1 Å². The first kappa shape index (κ1) is 31.2. The molecule has 192 valence electrons. The molecule has 0 aliphatic heterocycles. The van der Waals surface area contributed by atoms with Gasteiger partial charge in [0.05, 0.1) is 0 Å². The quantitative estimate of drug-likeness (QED) is 0.343. The molecule has 0 atom stereocenters. The van der Waals surface area contributed by atoms with Crippen molar-refractivity contribution >= 4 is 28.8 Å². The average molecular weight is 518 g/mol. The minimum Gasteiger partial charge on any atom is -0.206 e. The summed E-state index contributed by atoms with van der Waals surface area (Å²) in [5.74, 6) is -0.199. The van der Waals surface area contributed by atoms with Crippen molar-refractivity contribution in [1.82, 2.24) is 0 Å². The summed E-state index contributed by atoms with van der Waals surface area (Å²) in [6, 6.07) is 13.0. The van der Waals surface area contributed by atoms with Gasteiger partial charge in [0, 0.05) is 15.6 Å². The molecular formula is C32H43Cl2F. The highest BCUT2D eigenvalue weighted by atomic mass is 35.5. The van der Waals surface area contributed by atoms with Crippen LogP contribution in [-0.2, 0) is 5.41 Å². The van der Waals surface area contributed by atoms with E-state index in [1.54, 1.807) is 25.1 Å². The van der Waals surface area contributed by atoms with Gasteiger partial charge >= 0.3 is 0 Å². The van der Waals surface area contributed by atoms with Gasteiger partial charge in [-0.25, -0.2) is 4.39 Å². The van der Waals surface area contributed by atoms with Crippen LogP contribution in [-0.4, -0.2) is 0 Å². The summed E-state index contributed by atoms with van der Waals surface area (Å²) in [6.45, 7) is 16.6. The molecule has 0 fully saturated rings. The Labute approximate surface area is 223 Å². The van der Waals surface area contributed by atoms with Crippen molar-refractivity contribution in [2.75, 3.05) is 0 Å². The Bertz CT molecular complexity index is 994. The van der Waals surface area contributed by atoms with E-state index < -0.39 is 0 Å². The van der Waals surface area contributed by atoms with Gasteiger partial charge in [0.15, 0.2) is 0 Å². The van der Waals surface area contributed by atoms with E-state index in [9.17, 15) is 4.39 Å². The topological polar surface area (TPSA) is 0 Å². The Balaban J connectivity index is 0.000000287. The molecule has 2 aromatic carbocycles. The second-order valence-electron chi connectivity index (χ2n) is 9.43. The van der Waals surface area contributed by atoms with Crippen LogP contribution >= 0.6 is 23.2 Å². The smallest absolute Gasteiger partial charge is 0.130 e. The van der Waals surface area contributed by atoms with Crippen molar-refractivity contribution in [1.29, 1.82) is 0 Å². The van der Waals surface area contributed by atoms with Crippen molar-refractivity contribution < 1.29 is 4.39 Å². The van der Waals surface area contributed by atoms with Gasteiger partial charge in [0.2, 0.25) is 0 Å². The lowest BCUT2D eigenvalue weighted by atomic mass is 9.70. The zero-order valence-corrected chi connectivity index (χ0v) is 24.0. The predicted octanol–water partition coefficient (Wildman–Crippen LogP) is 11.6. The molecule has 0 amide bonds. The molecule has 0 heterocycles. The number of benzene rings is 2. The monoisotopic (exact) mass is 516 g/mol. The van der Waals surface area contributed by atoms with Gasteiger partial charge < -0.3 is 0 Å². The van der Waals surface area contributed by atoms with Gasteiger partial charge in [0.1, 0.15) is 5.82 Å². The maximum Gasteiger partial charge on any atom is 0.130 e. The van der Waals surface area contributed by atoms with Crippen molar-refractivity contribution in [3.05, 3.63) is 99.3 Å². The second-order valence-corrected chi connectivity index (χ2v) is 10.4. The van der Waals surface area contributed by atoms with Gasteiger partial charge in [-0.2, -0.15) is 0 Å². The molecule has 0 unspecified atom stereocenters. The molecule has 0 bridgehead atoms. The zero-order chi connectivity index (χ0) is 26.4. The van der Waals surface area contributed by atoms with Crippen molar-refractivity contribution in [3.8, 4) is 0 Å². The van der Waals surface area contributed by atoms with Crippen LogP contribution in [0.5, 0.6) is 0 Å². The number of rotatable bonds is 7. The number of hydrogen-bond acceptors (Lipinski definition) is 0. The lowest BCUT2D eigenvalue weighted by molar-refractivity contribution is 0.342. The SMILES string of the molecule is C=C(C)c1ccccc1F.CC1=CCCC(Cl)=C1.CCCC(CC)(CCC)c1cc(Cl)ccc1C. The van der Waals surface area contributed by atoms with Crippen LogP contribution in [0.4, 0.5) is 4.39 Å². The highest BCUT2D eigenvalue weighted by Gasteiger charge is 2.29. The van der Waals surface area contributed by atoms with Crippen LogP contribution in [0.2, 0.25) is 5.02 Å². The van der Waals surface area contributed by atoms with Crippen molar-refractivity contribution in [3.63, 3.8) is 0 Å². The van der Waals surface area contributed by atoms with E-state index in [0.717, 1.165) is 28.5 Å². The molecule has 3 heteroatoms. The van der Waals surface area contributed by atoms with Crippen LogP contribution < -0.4 is 0 Å². The molecule has 0 nitrogen and oxygen atoms in total. The molecule has 0 radical (unpaired) electrons. The Morgan fingerprint density at radius 2 is 1.63 bits per heavy atom. The molecule has 2 aromatic rings. The predicted molar refractivity (Wildman–Crippen MR) is 156 cm³/mol. The highest BCUT2D eigenvalue weighted by Crippen LogP contribution is 2.40. The first-order chi connectivity index (χ1) is 16.6. The van der Waals surface area contributed by atoms with Crippen molar-refractivity contribution in [2.24, 2.45) is 0 Å². The van der Waals surface area contributed by atoms with Crippen LogP contribution in [0, 0.1) is 12.7 Å². The van der Waals surface area contributed by atoms with E-state index in [0.29, 0.717) is 11.0 Å². The Kier molecular flexibility index (Phi) is 14.3. The fourth-order valence-corrected chi connectivity index (χ4v) is 5.14. The molecule has 1 aliphatic rings. The fraction of sp³-hybridized carbons (Fsp3) is 0.438. The molecule has 35 heavy (non-hydrogen) atoms. The molecule has 0 N–H and O–H groups in total. The Morgan fingerprint density at radius 3 is 2.06 bits per heavy atom. The maximum atomic E-state index is 12.8. The third-order valence-corrected chi connectivity index (χ3v) is 7.01. The summed E-state index contributed by atoms with van der Waals surface area (Å²) in [6.07, 6.45) is 12.6. The number of halogens is 3. The summed E-state index contributed by atoms with van der Waals surface area (Å²) in [5, 5.41) is 1.86. The van der Waals surface area contributed by atoms with Crippen LogP contribution in [0.1, 0.15) is 96.3 Å². The van der Waals surface area contributed by atoms with Gasteiger partial charge in [-0.15, -0.1) is 0 Å². The van der Waals surface area contributed by atoms with Gasteiger partial charge in [-0.1, -0.05) is 99.3 Å². The summed E-state index contributed by atoms with van der Waals surface area (Å²) in [4.78, 5) is 0. The molecule has 0 saturated heterocycles.